The molecule has 0 aliphatic carbocycles. The van der Waals surface area contributed by atoms with E-state index >= 15 is 0 Å². The molecule has 3 N–H and O–H groups in total. The van der Waals surface area contributed by atoms with E-state index < -0.39 is 0 Å². The standard InChI is InChI=1S/C11H13N5S/c12-11(14-7-10-8-15-16-17-10)13-6-9-4-2-1-3-5-9/h1-5,8H,6-7H2,(H3,12,13,14). The predicted octanol–water partition coefficient (Wildman–Crippen LogP) is 1.14. The maximum absolute atomic E-state index is 5.74. The maximum atomic E-state index is 5.74. The summed E-state index contributed by atoms with van der Waals surface area (Å²) in [5.41, 5.74) is 6.88. The van der Waals surface area contributed by atoms with E-state index in [1.807, 2.05) is 30.3 Å². The van der Waals surface area contributed by atoms with Gasteiger partial charge in [0.2, 0.25) is 0 Å². The Balaban J connectivity index is 1.81. The van der Waals surface area contributed by atoms with Crippen LogP contribution in [0.1, 0.15) is 10.4 Å². The lowest BCUT2D eigenvalue weighted by atomic mass is 10.2. The summed E-state index contributed by atoms with van der Waals surface area (Å²) in [6, 6.07) is 9.98. The van der Waals surface area contributed by atoms with Gasteiger partial charge >= 0.3 is 0 Å². The van der Waals surface area contributed by atoms with Gasteiger partial charge in [-0.1, -0.05) is 34.8 Å². The van der Waals surface area contributed by atoms with E-state index in [0.717, 1.165) is 10.4 Å². The number of nitrogens with zero attached hydrogens (tertiary/aromatic N) is 3. The lowest BCUT2D eigenvalue weighted by Gasteiger charge is -2.03. The molecule has 0 radical (unpaired) electrons. The number of guanidine groups is 1. The van der Waals surface area contributed by atoms with E-state index in [2.05, 4.69) is 19.9 Å². The smallest absolute Gasteiger partial charge is 0.189 e. The van der Waals surface area contributed by atoms with Crippen LogP contribution >= 0.6 is 11.5 Å². The molecular weight excluding hydrogens is 234 g/mol. The quantitative estimate of drug-likeness (QED) is 0.627. The van der Waals surface area contributed by atoms with Gasteiger partial charge in [0.05, 0.1) is 24.2 Å². The topological polar surface area (TPSA) is 76.2 Å². The van der Waals surface area contributed by atoms with Crippen molar-refractivity contribution in [1.29, 1.82) is 0 Å². The van der Waals surface area contributed by atoms with Crippen LogP contribution in [-0.2, 0) is 13.1 Å². The largest absolute Gasteiger partial charge is 0.370 e. The highest BCUT2D eigenvalue weighted by atomic mass is 32.1. The number of hydrogen-bond donors (Lipinski definition) is 2. The number of rotatable bonds is 4. The fraction of sp³-hybridized carbons (Fsp3) is 0.182. The number of nitrogens with one attached hydrogen (secondary N) is 1. The Morgan fingerprint density at radius 2 is 2.18 bits per heavy atom. The molecule has 88 valence electrons. The number of aromatic nitrogens is 2. The van der Waals surface area contributed by atoms with Crippen LogP contribution in [0.5, 0.6) is 0 Å². The predicted molar refractivity (Wildman–Crippen MR) is 68.5 cm³/mol. The van der Waals surface area contributed by atoms with Gasteiger partial charge in [-0.2, -0.15) is 0 Å². The molecule has 0 unspecified atom stereocenters. The minimum Gasteiger partial charge on any atom is -0.370 e. The molecule has 2 aromatic rings. The van der Waals surface area contributed by atoms with Gasteiger partial charge in [-0.25, -0.2) is 4.99 Å². The van der Waals surface area contributed by atoms with Crippen molar-refractivity contribution in [2.45, 2.75) is 13.1 Å². The number of nitrogens with two attached hydrogens (primary N) is 1. The minimum atomic E-state index is 0.433. The first-order valence-corrected chi connectivity index (χ1v) is 5.96. The van der Waals surface area contributed by atoms with Crippen molar-refractivity contribution in [2.75, 3.05) is 0 Å². The molecule has 2 rings (SSSR count). The van der Waals surface area contributed by atoms with Crippen molar-refractivity contribution in [3.8, 4) is 0 Å². The van der Waals surface area contributed by atoms with Crippen LogP contribution in [0, 0.1) is 0 Å². The number of benzene rings is 1. The second kappa shape index (κ2) is 5.95. The lowest BCUT2D eigenvalue weighted by molar-refractivity contribution is 0.896. The normalized spacial score (nSPS) is 11.4. The summed E-state index contributed by atoms with van der Waals surface area (Å²) in [6.07, 6.45) is 1.71. The maximum Gasteiger partial charge on any atom is 0.189 e. The highest BCUT2D eigenvalue weighted by Gasteiger charge is 1.96. The molecule has 5 nitrogen and oxygen atoms in total. The molecule has 0 saturated heterocycles. The minimum absolute atomic E-state index is 0.433. The van der Waals surface area contributed by atoms with Gasteiger partial charge in [-0.15, -0.1) is 5.10 Å². The molecule has 0 atom stereocenters. The Morgan fingerprint density at radius 3 is 2.88 bits per heavy atom. The molecule has 1 heterocycles. The first-order valence-electron chi connectivity index (χ1n) is 5.18. The molecule has 0 spiro atoms. The fourth-order valence-electron chi connectivity index (χ4n) is 1.26. The van der Waals surface area contributed by atoms with Crippen LogP contribution < -0.4 is 11.1 Å². The molecule has 0 aliphatic rings. The fourth-order valence-corrected chi connectivity index (χ4v) is 1.69. The van der Waals surface area contributed by atoms with Crippen LogP contribution in [0.2, 0.25) is 0 Å². The van der Waals surface area contributed by atoms with E-state index in [9.17, 15) is 0 Å². The third-order valence-electron chi connectivity index (χ3n) is 2.13. The van der Waals surface area contributed by atoms with Crippen LogP contribution in [-0.4, -0.2) is 15.5 Å². The first-order chi connectivity index (χ1) is 8.34. The molecule has 1 aromatic carbocycles. The van der Waals surface area contributed by atoms with Crippen molar-refractivity contribution in [2.24, 2.45) is 10.7 Å². The Bertz CT molecular complexity index is 466. The Labute approximate surface area is 104 Å². The third-order valence-corrected chi connectivity index (χ3v) is 2.79. The van der Waals surface area contributed by atoms with Crippen LogP contribution in [0.15, 0.2) is 41.5 Å². The molecule has 0 aliphatic heterocycles. The summed E-state index contributed by atoms with van der Waals surface area (Å²) >= 11 is 1.35. The van der Waals surface area contributed by atoms with Crippen molar-refractivity contribution < 1.29 is 0 Å². The van der Waals surface area contributed by atoms with Crippen LogP contribution in [0.25, 0.3) is 0 Å². The molecule has 1 aromatic heterocycles. The molecule has 0 bridgehead atoms. The number of hydrogen-bond acceptors (Lipinski definition) is 4. The molecule has 0 saturated carbocycles. The average molecular weight is 247 g/mol. The highest BCUT2D eigenvalue weighted by molar-refractivity contribution is 7.05. The van der Waals surface area contributed by atoms with Gasteiger partial charge in [0, 0.05) is 0 Å². The second-order valence-corrected chi connectivity index (χ2v) is 4.29. The van der Waals surface area contributed by atoms with Gasteiger partial charge in [-0.3, -0.25) is 0 Å². The van der Waals surface area contributed by atoms with Crippen molar-refractivity contribution in [3.63, 3.8) is 0 Å². The van der Waals surface area contributed by atoms with Gasteiger partial charge in [0.25, 0.3) is 0 Å². The number of aliphatic imine (C=N–C) groups is 1. The Hall–Kier alpha value is -1.95. The monoisotopic (exact) mass is 247 g/mol. The van der Waals surface area contributed by atoms with Crippen LogP contribution in [0.4, 0.5) is 0 Å². The Morgan fingerprint density at radius 1 is 1.35 bits per heavy atom. The van der Waals surface area contributed by atoms with Crippen molar-refractivity contribution >= 4 is 17.5 Å². The summed E-state index contributed by atoms with van der Waals surface area (Å²) < 4.78 is 3.76. The van der Waals surface area contributed by atoms with E-state index in [1.54, 1.807) is 6.20 Å². The van der Waals surface area contributed by atoms with Gasteiger partial charge < -0.3 is 11.1 Å². The lowest BCUT2D eigenvalue weighted by Crippen LogP contribution is -2.30. The SMILES string of the molecule is NC(=NCc1ccccc1)NCc1cnns1. The zero-order valence-corrected chi connectivity index (χ0v) is 10.0. The van der Waals surface area contributed by atoms with Gasteiger partial charge in [-0.05, 0) is 17.1 Å². The van der Waals surface area contributed by atoms with E-state index in [1.165, 1.54) is 11.5 Å². The van der Waals surface area contributed by atoms with E-state index in [4.69, 9.17) is 5.73 Å². The first kappa shape index (κ1) is 11.5. The second-order valence-electron chi connectivity index (χ2n) is 3.42. The third kappa shape index (κ3) is 3.84. The van der Waals surface area contributed by atoms with Crippen molar-refractivity contribution in [3.05, 3.63) is 47.0 Å². The summed E-state index contributed by atoms with van der Waals surface area (Å²) in [5.74, 6) is 0.433. The molecule has 6 heteroatoms. The summed E-state index contributed by atoms with van der Waals surface area (Å²) in [4.78, 5) is 5.27. The summed E-state index contributed by atoms with van der Waals surface area (Å²) in [7, 11) is 0. The Kier molecular flexibility index (Phi) is 4.04. The molecule has 0 amide bonds. The zero-order valence-electron chi connectivity index (χ0n) is 9.21. The molecule has 0 fully saturated rings. The zero-order chi connectivity index (χ0) is 11.9. The highest BCUT2D eigenvalue weighted by Crippen LogP contribution is 2.01. The van der Waals surface area contributed by atoms with Crippen LogP contribution in [0.3, 0.4) is 0 Å². The van der Waals surface area contributed by atoms with E-state index in [0.29, 0.717) is 19.0 Å². The average Bonchev–Trinajstić information content (AvgIpc) is 2.88. The van der Waals surface area contributed by atoms with Gasteiger partial charge in [0.1, 0.15) is 0 Å². The van der Waals surface area contributed by atoms with E-state index in [-0.39, 0.29) is 0 Å². The summed E-state index contributed by atoms with van der Waals surface area (Å²) in [5, 5.41) is 6.75. The molecule has 17 heavy (non-hydrogen) atoms. The van der Waals surface area contributed by atoms with Gasteiger partial charge in [0.15, 0.2) is 5.96 Å². The summed E-state index contributed by atoms with van der Waals surface area (Å²) in [6.45, 7) is 1.20. The molecular formula is C11H13N5S. The van der Waals surface area contributed by atoms with Crippen molar-refractivity contribution in [1.82, 2.24) is 14.9 Å².